The molecule has 0 aromatic heterocycles. The number of hydrogen-bond acceptors (Lipinski definition) is 4. The summed E-state index contributed by atoms with van der Waals surface area (Å²) in [5.41, 5.74) is 0. The molecule has 0 aromatic rings. The topological polar surface area (TPSA) is 41.6 Å². The summed E-state index contributed by atoms with van der Waals surface area (Å²) < 4.78 is 4.96. The molecule has 0 spiro atoms. The average molecular weight is 212 g/mol. The van der Waals surface area contributed by atoms with Gasteiger partial charge < -0.3 is 4.74 Å². The summed E-state index contributed by atoms with van der Waals surface area (Å²) >= 11 is 0. The highest BCUT2D eigenvalue weighted by molar-refractivity contribution is 5.81. The van der Waals surface area contributed by atoms with E-state index in [9.17, 15) is 4.79 Å². The molecule has 1 saturated heterocycles. The first-order chi connectivity index (χ1) is 7.13. The molecule has 1 N–H and O–H groups in total. The molecular weight excluding hydrogens is 192 g/mol. The first kappa shape index (κ1) is 12.2. The molecule has 0 bridgehead atoms. The van der Waals surface area contributed by atoms with Gasteiger partial charge in [0.15, 0.2) is 0 Å². The quantitative estimate of drug-likeness (QED) is 0.539. The lowest BCUT2D eigenvalue weighted by Gasteiger charge is -2.24. The van der Waals surface area contributed by atoms with Gasteiger partial charge in [0, 0.05) is 12.1 Å². The number of nitrogens with zero attached hydrogens (tertiary/aromatic N) is 1. The van der Waals surface area contributed by atoms with Crippen LogP contribution in [-0.4, -0.2) is 43.3 Å². The molecule has 1 rings (SSSR count). The second kappa shape index (κ2) is 5.88. The van der Waals surface area contributed by atoms with Crippen molar-refractivity contribution in [3.63, 3.8) is 0 Å². The van der Waals surface area contributed by atoms with Crippen molar-refractivity contribution in [3.8, 4) is 0 Å². The van der Waals surface area contributed by atoms with Gasteiger partial charge in [0.25, 0.3) is 0 Å². The molecule has 86 valence electrons. The van der Waals surface area contributed by atoms with Crippen LogP contribution >= 0.6 is 0 Å². The molecule has 4 nitrogen and oxygen atoms in total. The Bertz CT molecular complexity index is 231. The maximum atomic E-state index is 10.8. The summed E-state index contributed by atoms with van der Waals surface area (Å²) in [6, 6.07) is 0.180. The molecule has 0 saturated carbocycles. The normalized spacial score (nSPS) is 23.7. The van der Waals surface area contributed by atoms with Gasteiger partial charge in [-0.3, -0.25) is 10.2 Å². The van der Waals surface area contributed by atoms with Gasteiger partial charge in [0.05, 0.1) is 6.17 Å². The van der Waals surface area contributed by atoms with Crippen LogP contribution in [0, 0.1) is 0 Å². The molecule has 15 heavy (non-hydrogen) atoms. The summed E-state index contributed by atoms with van der Waals surface area (Å²) in [6.45, 7) is 6.90. The van der Waals surface area contributed by atoms with Crippen LogP contribution in [0.1, 0.15) is 19.8 Å². The van der Waals surface area contributed by atoms with Crippen molar-refractivity contribution < 1.29 is 9.53 Å². The van der Waals surface area contributed by atoms with Crippen molar-refractivity contribution in [2.45, 2.75) is 32.0 Å². The number of esters is 1. The molecule has 0 radical (unpaired) electrons. The zero-order chi connectivity index (χ0) is 11.3. The molecule has 2 unspecified atom stereocenters. The fourth-order valence-electron chi connectivity index (χ4n) is 1.76. The third kappa shape index (κ3) is 4.01. The first-order valence-electron chi connectivity index (χ1n) is 5.39. The summed E-state index contributed by atoms with van der Waals surface area (Å²) in [6.07, 6.45) is 4.00. The van der Waals surface area contributed by atoms with Gasteiger partial charge in [-0.1, -0.05) is 6.58 Å². The SMILES string of the molecule is C=CC(=O)OCC(C)NC1CCCN1C. The van der Waals surface area contributed by atoms with Gasteiger partial charge in [-0.2, -0.15) is 0 Å². The van der Waals surface area contributed by atoms with E-state index < -0.39 is 0 Å². The van der Waals surface area contributed by atoms with E-state index in [1.54, 1.807) is 0 Å². The molecule has 1 heterocycles. The molecule has 1 aliphatic heterocycles. The molecule has 0 aliphatic carbocycles. The smallest absolute Gasteiger partial charge is 0.330 e. The molecule has 0 amide bonds. The van der Waals surface area contributed by atoms with E-state index >= 15 is 0 Å². The van der Waals surface area contributed by atoms with Crippen LogP contribution in [0.2, 0.25) is 0 Å². The van der Waals surface area contributed by atoms with Crippen molar-refractivity contribution in [1.29, 1.82) is 0 Å². The Kier molecular flexibility index (Phi) is 4.78. The van der Waals surface area contributed by atoms with Crippen LogP contribution in [0.4, 0.5) is 0 Å². The van der Waals surface area contributed by atoms with Gasteiger partial charge in [-0.25, -0.2) is 4.79 Å². The minimum absolute atomic E-state index is 0.180. The Labute approximate surface area is 91.3 Å². The van der Waals surface area contributed by atoms with Crippen LogP contribution in [0.5, 0.6) is 0 Å². The Morgan fingerprint density at radius 3 is 3.07 bits per heavy atom. The number of likely N-dealkylation sites (tertiary alicyclic amines) is 1. The predicted molar refractivity (Wildman–Crippen MR) is 59.4 cm³/mol. The second-order valence-corrected chi connectivity index (χ2v) is 4.04. The Balaban J connectivity index is 2.20. The van der Waals surface area contributed by atoms with Crippen molar-refractivity contribution in [3.05, 3.63) is 12.7 Å². The Morgan fingerprint density at radius 2 is 2.53 bits per heavy atom. The van der Waals surface area contributed by atoms with E-state index in [0.29, 0.717) is 12.8 Å². The number of nitrogens with one attached hydrogen (secondary N) is 1. The third-order valence-corrected chi connectivity index (χ3v) is 2.64. The van der Waals surface area contributed by atoms with Crippen LogP contribution < -0.4 is 5.32 Å². The first-order valence-corrected chi connectivity index (χ1v) is 5.39. The Hall–Kier alpha value is -0.870. The summed E-state index contributed by atoms with van der Waals surface area (Å²) in [5.74, 6) is -0.358. The lowest BCUT2D eigenvalue weighted by molar-refractivity contribution is -0.138. The summed E-state index contributed by atoms with van der Waals surface area (Å²) in [5, 5.41) is 3.42. The fourth-order valence-corrected chi connectivity index (χ4v) is 1.76. The standard InChI is InChI=1S/C11H20N2O2/c1-4-11(14)15-8-9(2)12-10-6-5-7-13(10)3/h4,9-10,12H,1,5-8H2,2-3H3. The van der Waals surface area contributed by atoms with E-state index in [4.69, 9.17) is 4.74 Å². The highest BCUT2D eigenvalue weighted by atomic mass is 16.5. The third-order valence-electron chi connectivity index (χ3n) is 2.64. The number of carbonyl (C=O) groups is 1. The van der Waals surface area contributed by atoms with Crippen LogP contribution in [-0.2, 0) is 9.53 Å². The average Bonchev–Trinajstić information content (AvgIpc) is 2.61. The number of carbonyl (C=O) groups excluding carboxylic acids is 1. The lowest BCUT2D eigenvalue weighted by Crippen LogP contribution is -2.45. The molecule has 1 fully saturated rings. The van der Waals surface area contributed by atoms with Gasteiger partial charge in [0.1, 0.15) is 6.61 Å². The molecular formula is C11H20N2O2. The summed E-state index contributed by atoms with van der Waals surface area (Å²) in [4.78, 5) is 13.1. The van der Waals surface area contributed by atoms with Gasteiger partial charge in [-0.05, 0) is 33.4 Å². The van der Waals surface area contributed by atoms with Crippen LogP contribution in [0.25, 0.3) is 0 Å². The molecule has 2 atom stereocenters. The van der Waals surface area contributed by atoms with Crippen molar-refractivity contribution in [1.82, 2.24) is 10.2 Å². The maximum absolute atomic E-state index is 10.8. The highest BCUT2D eigenvalue weighted by Gasteiger charge is 2.22. The van der Waals surface area contributed by atoms with Crippen molar-refractivity contribution >= 4 is 5.97 Å². The van der Waals surface area contributed by atoms with E-state index in [1.165, 1.54) is 12.5 Å². The van der Waals surface area contributed by atoms with E-state index in [0.717, 1.165) is 13.0 Å². The van der Waals surface area contributed by atoms with Crippen LogP contribution in [0.15, 0.2) is 12.7 Å². The molecule has 0 aromatic carbocycles. The zero-order valence-corrected chi connectivity index (χ0v) is 9.53. The number of rotatable bonds is 5. The number of ether oxygens (including phenoxy) is 1. The van der Waals surface area contributed by atoms with Gasteiger partial charge in [-0.15, -0.1) is 0 Å². The monoisotopic (exact) mass is 212 g/mol. The minimum Gasteiger partial charge on any atom is -0.461 e. The van der Waals surface area contributed by atoms with Gasteiger partial charge in [0.2, 0.25) is 0 Å². The van der Waals surface area contributed by atoms with E-state index in [2.05, 4.69) is 23.8 Å². The maximum Gasteiger partial charge on any atom is 0.330 e. The fraction of sp³-hybridized carbons (Fsp3) is 0.727. The van der Waals surface area contributed by atoms with E-state index in [-0.39, 0.29) is 12.0 Å². The number of hydrogen-bond donors (Lipinski definition) is 1. The lowest BCUT2D eigenvalue weighted by atomic mass is 10.3. The predicted octanol–water partition coefficient (Wildman–Crippen LogP) is 0.745. The second-order valence-electron chi connectivity index (χ2n) is 4.04. The largest absolute Gasteiger partial charge is 0.461 e. The van der Waals surface area contributed by atoms with Crippen LogP contribution in [0.3, 0.4) is 0 Å². The summed E-state index contributed by atoms with van der Waals surface area (Å²) in [7, 11) is 2.10. The van der Waals surface area contributed by atoms with E-state index in [1.807, 2.05) is 6.92 Å². The zero-order valence-electron chi connectivity index (χ0n) is 9.53. The minimum atomic E-state index is -0.358. The van der Waals surface area contributed by atoms with Gasteiger partial charge >= 0.3 is 5.97 Å². The molecule has 1 aliphatic rings. The Morgan fingerprint density at radius 1 is 1.80 bits per heavy atom. The highest BCUT2D eigenvalue weighted by Crippen LogP contribution is 2.12. The van der Waals surface area contributed by atoms with Crippen molar-refractivity contribution in [2.75, 3.05) is 20.2 Å². The molecule has 4 heteroatoms. The van der Waals surface area contributed by atoms with Crippen molar-refractivity contribution in [2.24, 2.45) is 0 Å².